The van der Waals surface area contributed by atoms with Gasteiger partial charge in [-0.25, -0.2) is 0 Å². The highest BCUT2D eigenvalue weighted by Crippen LogP contribution is 2.46. The maximum absolute atomic E-state index is 12.7. The molecule has 126 valence electrons. The number of carbonyl (C=O) groups is 1. The topological polar surface area (TPSA) is 62.9 Å². The molecule has 3 heterocycles. The average molecular weight is 327 g/mol. The number of methoxy groups -OCH3 is 1. The molecular formula is C19H21NO4. The molecule has 2 fully saturated rings. The third kappa shape index (κ3) is 2.40. The van der Waals surface area contributed by atoms with Crippen molar-refractivity contribution in [2.24, 2.45) is 0 Å². The number of amides is 1. The van der Waals surface area contributed by atoms with Gasteiger partial charge >= 0.3 is 0 Å². The first-order valence-electron chi connectivity index (χ1n) is 8.34. The van der Waals surface area contributed by atoms with Crippen LogP contribution < -0.4 is 4.74 Å². The number of carbonyl (C=O) groups excluding carboxylic acids is 1. The van der Waals surface area contributed by atoms with Crippen LogP contribution in [0.2, 0.25) is 0 Å². The lowest BCUT2D eigenvalue weighted by molar-refractivity contribution is -0.0486. The highest BCUT2D eigenvalue weighted by atomic mass is 16.5. The van der Waals surface area contributed by atoms with Gasteiger partial charge in [0.15, 0.2) is 5.76 Å². The molecule has 0 spiro atoms. The summed E-state index contributed by atoms with van der Waals surface area (Å²) in [5.41, 5.74) is 0.00297. The highest BCUT2D eigenvalue weighted by Gasteiger charge is 2.50. The van der Waals surface area contributed by atoms with Crippen molar-refractivity contribution in [3.05, 3.63) is 54.0 Å². The van der Waals surface area contributed by atoms with Gasteiger partial charge in [-0.05, 0) is 42.7 Å². The van der Waals surface area contributed by atoms with Gasteiger partial charge in [0, 0.05) is 24.9 Å². The molecule has 2 saturated heterocycles. The Morgan fingerprint density at radius 3 is 2.42 bits per heavy atom. The van der Waals surface area contributed by atoms with Gasteiger partial charge in [-0.2, -0.15) is 0 Å². The van der Waals surface area contributed by atoms with E-state index in [2.05, 4.69) is 0 Å². The molecule has 4 rings (SSSR count). The lowest BCUT2D eigenvalue weighted by Gasteiger charge is -2.43. The predicted molar refractivity (Wildman–Crippen MR) is 87.8 cm³/mol. The molecule has 5 heteroatoms. The molecule has 1 N–H and O–H groups in total. The van der Waals surface area contributed by atoms with Crippen molar-refractivity contribution < 1.29 is 19.1 Å². The number of piperidine rings is 1. The molecule has 2 aromatic rings. The van der Waals surface area contributed by atoms with Crippen molar-refractivity contribution in [2.45, 2.75) is 43.4 Å². The van der Waals surface area contributed by atoms with Crippen molar-refractivity contribution in [3.8, 4) is 5.75 Å². The summed E-state index contributed by atoms with van der Waals surface area (Å²) in [6.07, 6.45) is 4.49. The molecule has 1 aromatic heterocycles. The quantitative estimate of drug-likeness (QED) is 0.941. The van der Waals surface area contributed by atoms with Gasteiger partial charge in [-0.3, -0.25) is 4.79 Å². The van der Waals surface area contributed by atoms with Crippen LogP contribution in [0.4, 0.5) is 0 Å². The second-order valence-electron chi connectivity index (χ2n) is 6.74. The number of hydrogen-bond donors (Lipinski definition) is 1. The standard InChI is InChI=1S/C19H21NO4/c1-23-16-8-4-13(5-9-16)19(22)11-14-6-7-15(12-19)20(14)18(21)17-3-2-10-24-17/h2-5,8-10,14-15,22H,6-7,11-12H2,1H3. The third-order valence-electron chi connectivity index (χ3n) is 5.36. The average Bonchev–Trinajstić information content (AvgIpc) is 3.22. The molecule has 5 nitrogen and oxygen atoms in total. The molecule has 2 aliphatic rings. The van der Waals surface area contributed by atoms with Crippen molar-refractivity contribution in [3.63, 3.8) is 0 Å². The van der Waals surface area contributed by atoms with Gasteiger partial charge in [-0.1, -0.05) is 12.1 Å². The third-order valence-corrected chi connectivity index (χ3v) is 5.36. The summed E-state index contributed by atoms with van der Waals surface area (Å²) in [6.45, 7) is 0. The molecule has 1 aromatic carbocycles. The maximum Gasteiger partial charge on any atom is 0.290 e. The fourth-order valence-corrected chi connectivity index (χ4v) is 4.22. The molecule has 0 saturated carbocycles. The van der Waals surface area contributed by atoms with Crippen LogP contribution in [0.15, 0.2) is 47.1 Å². The fraction of sp³-hybridized carbons (Fsp3) is 0.421. The van der Waals surface area contributed by atoms with Crippen molar-refractivity contribution in [1.82, 2.24) is 4.90 Å². The van der Waals surface area contributed by atoms with Crippen molar-refractivity contribution in [2.75, 3.05) is 7.11 Å². The molecule has 2 unspecified atom stereocenters. The summed E-state index contributed by atoms with van der Waals surface area (Å²) in [5.74, 6) is 1.09. The van der Waals surface area contributed by atoms with Crippen LogP contribution in [-0.4, -0.2) is 35.1 Å². The zero-order valence-corrected chi connectivity index (χ0v) is 13.6. The van der Waals surface area contributed by atoms with Crippen LogP contribution >= 0.6 is 0 Å². The number of benzene rings is 1. The lowest BCUT2D eigenvalue weighted by atomic mass is 9.80. The number of furan rings is 1. The van der Waals surface area contributed by atoms with E-state index in [-0.39, 0.29) is 18.0 Å². The minimum absolute atomic E-state index is 0.0495. The zero-order valence-electron chi connectivity index (χ0n) is 13.6. The molecule has 2 atom stereocenters. The largest absolute Gasteiger partial charge is 0.497 e. The summed E-state index contributed by atoms with van der Waals surface area (Å²) in [5, 5.41) is 11.2. The summed E-state index contributed by atoms with van der Waals surface area (Å²) in [6, 6.07) is 11.1. The van der Waals surface area contributed by atoms with Crippen LogP contribution in [-0.2, 0) is 5.60 Å². The molecule has 2 aliphatic heterocycles. The molecule has 0 radical (unpaired) electrons. The van der Waals surface area contributed by atoms with Crippen LogP contribution in [0.1, 0.15) is 41.8 Å². The van der Waals surface area contributed by atoms with Crippen LogP contribution in [0.25, 0.3) is 0 Å². The van der Waals surface area contributed by atoms with E-state index < -0.39 is 5.60 Å². The Hall–Kier alpha value is -2.27. The van der Waals surface area contributed by atoms with E-state index in [9.17, 15) is 9.90 Å². The molecule has 0 aliphatic carbocycles. The first-order chi connectivity index (χ1) is 11.6. The summed E-state index contributed by atoms with van der Waals surface area (Å²) in [4.78, 5) is 14.6. The number of rotatable bonds is 3. The van der Waals surface area contributed by atoms with E-state index in [4.69, 9.17) is 9.15 Å². The maximum atomic E-state index is 12.7. The van der Waals surface area contributed by atoms with E-state index in [0.717, 1.165) is 24.2 Å². The van der Waals surface area contributed by atoms with E-state index in [1.165, 1.54) is 6.26 Å². The number of hydrogen-bond acceptors (Lipinski definition) is 4. The fourth-order valence-electron chi connectivity index (χ4n) is 4.22. The second kappa shape index (κ2) is 5.67. The Kier molecular flexibility index (Phi) is 3.61. The second-order valence-corrected chi connectivity index (χ2v) is 6.74. The van der Waals surface area contributed by atoms with E-state index in [1.54, 1.807) is 19.2 Å². The minimum atomic E-state index is -0.891. The SMILES string of the molecule is COc1ccc(C2(O)CC3CCC(C2)N3C(=O)c2ccco2)cc1. The number of aliphatic hydroxyl groups is 1. The highest BCUT2D eigenvalue weighted by molar-refractivity contribution is 5.92. The number of fused-ring (bicyclic) bond motifs is 2. The van der Waals surface area contributed by atoms with Gasteiger partial charge in [-0.15, -0.1) is 0 Å². The summed E-state index contributed by atoms with van der Waals surface area (Å²) < 4.78 is 10.5. The zero-order chi connectivity index (χ0) is 16.7. The minimum Gasteiger partial charge on any atom is -0.497 e. The number of nitrogens with zero attached hydrogens (tertiary/aromatic N) is 1. The first kappa shape index (κ1) is 15.3. The van der Waals surface area contributed by atoms with E-state index in [0.29, 0.717) is 18.6 Å². The number of ether oxygens (including phenoxy) is 1. The lowest BCUT2D eigenvalue weighted by Crippen LogP contribution is -2.51. The molecule has 2 bridgehead atoms. The summed E-state index contributed by atoms with van der Waals surface area (Å²) >= 11 is 0. The molecule has 24 heavy (non-hydrogen) atoms. The summed E-state index contributed by atoms with van der Waals surface area (Å²) in [7, 11) is 1.63. The Morgan fingerprint density at radius 1 is 1.21 bits per heavy atom. The Bertz CT molecular complexity index is 708. The smallest absolute Gasteiger partial charge is 0.290 e. The Labute approximate surface area is 140 Å². The Balaban J connectivity index is 1.58. The van der Waals surface area contributed by atoms with Crippen molar-refractivity contribution in [1.29, 1.82) is 0 Å². The molecule has 1 amide bonds. The van der Waals surface area contributed by atoms with E-state index >= 15 is 0 Å². The monoisotopic (exact) mass is 327 g/mol. The first-order valence-corrected chi connectivity index (χ1v) is 8.34. The van der Waals surface area contributed by atoms with Gasteiger partial charge in [0.25, 0.3) is 5.91 Å². The molecular weight excluding hydrogens is 306 g/mol. The predicted octanol–water partition coefficient (Wildman–Crippen LogP) is 2.94. The van der Waals surface area contributed by atoms with Gasteiger partial charge in [0.05, 0.1) is 19.0 Å². The van der Waals surface area contributed by atoms with Crippen molar-refractivity contribution >= 4 is 5.91 Å². The Morgan fingerprint density at radius 2 is 1.88 bits per heavy atom. The van der Waals surface area contributed by atoms with Crippen LogP contribution in [0.5, 0.6) is 5.75 Å². The van der Waals surface area contributed by atoms with Crippen LogP contribution in [0, 0.1) is 0 Å². The van der Waals surface area contributed by atoms with Gasteiger partial charge < -0.3 is 19.2 Å². The van der Waals surface area contributed by atoms with Gasteiger partial charge in [0.1, 0.15) is 5.75 Å². The van der Waals surface area contributed by atoms with Gasteiger partial charge in [0.2, 0.25) is 0 Å². The normalized spacial score (nSPS) is 28.8. The van der Waals surface area contributed by atoms with Crippen LogP contribution in [0.3, 0.4) is 0 Å². The van der Waals surface area contributed by atoms with E-state index in [1.807, 2.05) is 29.2 Å².